The number of likely N-dealkylation sites (N-methyl/N-ethyl adjacent to an activating group) is 1. The lowest BCUT2D eigenvalue weighted by molar-refractivity contribution is -0.136. The Morgan fingerprint density at radius 2 is 2.30 bits per heavy atom. The number of carboxylic acids is 1. The van der Waals surface area contributed by atoms with Gasteiger partial charge in [0, 0.05) is 13.2 Å². The van der Waals surface area contributed by atoms with Crippen LogP contribution in [-0.2, 0) is 29.1 Å². The quantitative estimate of drug-likeness (QED) is 0.807. The molecule has 106 valence electrons. The number of aliphatic carboxylic acids is 1. The summed E-state index contributed by atoms with van der Waals surface area (Å²) < 4.78 is 6.48. The molecule has 2 aromatic rings. The molecule has 0 saturated carbocycles. The highest BCUT2D eigenvalue weighted by molar-refractivity contribution is 5.75. The number of amides is 1. The lowest BCUT2D eigenvalue weighted by Crippen LogP contribution is -2.29. The van der Waals surface area contributed by atoms with E-state index in [1.165, 1.54) is 15.8 Å². The molecule has 1 N–H and O–H groups in total. The number of aromatic nitrogens is 3. The number of carbonyl (C=O) groups excluding carboxylic acids is 1. The Bertz CT molecular complexity index is 590. The number of hydrogen-bond acceptors (Lipinski definition) is 5. The van der Waals surface area contributed by atoms with Gasteiger partial charge in [0.05, 0.1) is 24.9 Å². The SMILES string of the molecule is CN(Cc1ccco1)C(=O)Cn1cc(CC(=O)O)nn1. The summed E-state index contributed by atoms with van der Waals surface area (Å²) in [6, 6.07) is 3.54. The van der Waals surface area contributed by atoms with E-state index in [0.717, 1.165) is 0 Å². The zero-order valence-corrected chi connectivity index (χ0v) is 10.9. The van der Waals surface area contributed by atoms with Crippen molar-refractivity contribution < 1.29 is 19.1 Å². The van der Waals surface area contributed by atoms with Crippen LogP contribution in [0.2, 0.25) is 0 Å². The van der Waals surface area contributed by atoms with Crippen LogP contribution in [0.15, 0.2) is 29.0 Å². The van der Waals surface area contributed by atoms with E-state index >= 15 is 0 Å². The van der Waals surface area contributed by atoms with E-state index in [1.54, 1.807) is 25.4 Å². The van der Waals surface area contributed by atoms with Crippen molar-refractivity contribution in [2.45, 2.75) is 19.5 Å². The number of hydrogen-bond donors (Lipinski definition) is 1. The summed E-state index contributed by atoms with van der Waals surface area (Å²) in [5.74, 6) is -0.475. The number of furan rings is 1. The van der Waals surface area contributed by atoms with E-state index in [2.05, 4.69) is 10.3 Å². The summed E-state index contributed by atoms with van der Waals surface area (Å²) in [7, 11) is 1.65. The Morgan fingerprint density at radius 3 is 2.95 bits per heavy atom. The van der Waals surface area contributed by atoms with Crippen LogP contribution in [0.3, 0.4) is 0 Å². The highest BCUT2D eigenvalue weighted by atomic mass is 16.4. The lowest BCUT2D eigenvalue weighted by Gasteiger charge is -2.15. The van der Waals surface area contributed by atoms with Gasteiger partial charge in [-0.3, -0.25) is 9.59 Å². The van der Waals surface area contributed by atoms with Gasteiger partial charge >= 0.3 is 5.97 Å². The third kappa shape index (κ3) is 3.67. The monoisotopic (exact) mass is 278 g/mol. The molecule has 2 aromatic heterocycles. The standard InChI is InChI=1S/C12H14N4O4/c1-15(7-10-3-2-4-20-10)11(17)8-16-6-9(13-14-16)5-12(18)19/h2-4,6H,5,7-8H2,1H3,(H,18,19). The van der Waals surface area contributed by atoms with E-state index in [0.29, 0.717) is 18.0 Å². The molecule has 2 heterocycles. The molecule has 0 aromatic carbocycles. The predicted octanol–water partition coefficient (Wildman–Crippen LogP) is 0.157. The first-order valence-corrected chi connectivity index (χ1v) is 5.91. The number of carboxylic acid groups (broad SMARTS) is 1. The van der Waals surface area contributed by atoms with E-state index in [1.807, 2.05) is 0 Å². The van der Waals surface area contributed by atoms with Crippen LogP contribution in [0.5, 0.6) is 0 Å². The maximum absolute atomic E-state index is 11.9. The molecule has 0 aliphatic carbocycles. The van der Waals surface area contributed by atoms with Gasteiger partial charge in [0.1, 0.15) is 12.3 Å². The smallest absolute Gasteiger partial charge is 0.309 e. The molecule has 0 aliphatic heterocycles. The Kier molecular flexibility index (Phi) is 4.14. The van der Waals surface area contributed by atoms with Crippen molar-refractivity contribution in [2.75, 3.05) is 7.05 Å². The molecule has 8 nitrogen and oxygen atoms in total. The highest BCUT2D eigenvalue weighted by Crippen LogP contribution is 2.04. The van der Waals surface area contributed by atoms with Crippen molar-refractivity contribution in [1.82, 2.24) is 19.9 Å². The second kappa shape index (κ2) is 6.00. The van der Waals surface area contributed by atoms with Gasteiger partial charge in [0.25, 0.3) is 0 Å². The molecule has 0 atom stereocenters. The first kappa shape index (κ1) is 13.8. The van der Waals surface area contributed by atoms with Crippen molar-refractivity contribution in [1.29, 1.82) is 0 Å². The van der Waals surface area contributed by atoms with E-state index < -0.39 is 5.97 Å². The minimum absolute atomic E-state index is 0.00380. The Labute approximate surface area is 114 Å². The van der Waals surface area contributed by atoms with Crippen molar-refractivity contribution in [3.05, 3.63) is 36.0 Å². The topological polar surface area (TPSA) is 101 Å². The predicted molar refractivity (Wildman–Crippen MR) is 66.5 cm³/mol. The average Bonchev–Trinajstić information content (AvgIpc) is 3.00. The van der Waals surface area contributed by atoms with Crippen molar-refractivity contribution >= 4 is 11.9 Å². The maximum atomic E-state index is 11.9. The summed E-state index contributed by atoms with van der Waals surface area (Å²) in [6.07, 6.45) is 2.78. The Morgan fingerprint density at radius 1 is 1.50 bits per heavy atom. The van der Waals surface area contributed by atoms with Gasteiger partial charge in [-0.2, -0.15) is 0 Å². The molecule has 0 radical (unpaired) electrons. The molecule has 0 unspecified atom stereocenters. The molecule has 20 heavy (non-hydrogen) atoms. The van der Waals surface area contributed by atoms with Crippen LogP contribution in [0.4, 0.5) is 0 Å². The summed E-state index contributed by atoms with van der Waals surface area (Å²) in [5.41, 5.74) is 0.319. The second-order valence-electron chi connectivity index (χ2n) is 4.31. The number of rotatable bonds is 6. The highest BCUT2D eigenvalue weighted by Gasteiger charge is 2.13. The fourth-order valence-corrected chi connectivity index (χ4v) is 1.64. The van der Waals surface area contributed by atoms with Gasteiger partial charge in [-0.25, -0.2) is 4.68 Å². The summed E-state index contributed by atoms with van der Waals surface area (Å²) in [6.45, 7) is 0.367. The van der Waals surface area contributed by atoms with Crippen molar-refractivity contribution in [2.24, 2.45) is 0 Å². The van der Waals surface area contributed by atoms with Crippen LogP contribution in [-0.4, -0.2) is 43.9 Å². The molecular weight excluding hydrogens is 264 g/mol. The minimum atomic E-state index is -0.988. The normalized spacial score (nSPS) is 10.4. The molecule has 8 heteroatoms. The molecule has 0 spiro atoms. The largest absolute Gasteiger partial charge is 0.481 e. The Balaban J connectivity index is 1.90. The molecule has 0 bridgehead atoms. The molecule has 2 rings (SSSR count). The number of carbonyl (C=O) groups is 2. The van der Waals surface area contributed by atoms with Crippen LogP contribution >= 0.6 is 0 Å². The van der Waals surface area contributed by atoms with Crippen LogP contribution in [0.1, 0.15) is 11.5 Å². The third-order valence-corrected chi connectivity index (χ3v) is 2.61. The molecule has 1 amide bonds. The van der Waals surface area contributed by atoms with E-state index in [4.69, 9.17) is 9.52 Å². The zero-order chi connectivity index (χ0) is 14.5. The summed E-state index contributed by atoms with van der Waals surface area (Å²) in [5, 5.41) is 16.0. The van der Waals surface area contributed by atoms with Gasteiger partial charge in [-0.05, 0) is 12.1 Å². The first-order chi connectivity index (χ1) is 9.54. The van der Waals surface area contributed by atoms with E-state index in [9.17, 15) is 9.59 Å². The maximum Gasteiger partial charge on any atom is 0.309 e. The van der Waals surface area contributed by atoms with Crippen molar-refractivity contribution in [3.63, 3.8) is 0 Å². The van der Waals surface area contributed by atoms with Crippen molar-refractivity contribution in [3.8, 4) is 0 Å². The zero-order valence-electron chi connectivity index (χ0n) is 10.9. The van der Waals surface area contributed by atoms with Gasteiger partial charge in [0.15, 0.2) is 0 Å². The lowest BCUT2D eigenvalue weighted by atomic mass is 10.3. The minimum Gasteiger partial charge on any atom is -0.481 e. The molecule has 0 saturated heterocycles. The molecule has 0 fully saturated rings. The fourth-order valence-electron chi connectivity index (χ4n) is 1.64. The second-order valence-corrected chi connectivity index (χ2v) is 4.31. The van der Waals surface area contributed by atoms with Gasteiger partial charge in [-0.15, -0.1) is 5.10 Å². The van der Waals surface area contributed by atoms with E-state index in [-0.39, 0.29) is 18.9 Å². The fraction of sp³-hybridized carbons (Fsp3) is 0.333. The van der Waals surface area contributed by atoms with Gasteiger partial charge < -0.3 is 14.4 Å². The van der Waals surface area contributed by atoms with Crippen LogP contribution in [0, 0.1) is 0 Å². The van der Waals surface area contributed by atoms with Crippen LogP contribution in [0.25, 0.3) is 0 Å². The van der Waals surface area contributed by atoms with Gasteiger partial charge in [0.2, 0.25) is 5.91 Å². The summed E-state index contributed by atoms with van der Waals surface area (Å²) in [4.78, 5) is 24.0. The average molecular weight is 278 g/mol. The third-order valence-electron chi connectivity index (χ3n) is 2.61. The summed E-state index contributed by atoms with van der Waals surface area (Å²) >= 11 is 0. The molecular formula is C12H14N4O4. The van der Waals surface area contributed by atoms with Gasteiger partial charge in [-0.1, -0.05) is 5.21 Å². The Hall–Kier alpha value is -2.64. The number of nitrogens with zero attached hydrogens (tertiary/aromatic N) is 4. The molecule has 0 aliphatic rings. The van der Waals surface area contributed by atoms with Crippen LogP contribution < -0.4 is 0 Å². The first-order valence-electron chi connectivity index (χ1n) is 5.91.